The Bertz CT molecular complexity index is 1090. The van der Waals surface area contributed by atoms with Crippen molar-refractivity contribution in [3.8, 4) is 5.75 Å². The van der Waals surface area contributed by atoms with E-state index >= 15 is 0 Å². The number of hydrogen-bond acceptors (Lipinski definition) is 5. The Kier molecular flexibility index (Phi) is 6.15. The average molecular weight is 408 g/mol. The van der Waals surface area contributed by atoms with E-state index < -0.39 is 5.91 Å². The minimum absolute atomic E-state index is 0.0294. The third kappa shape index (κ3) is 4.65. The molecule has 2 N–H and O–H groups in total. The van der Waals surface area contributed by atoms with Crippen LogP contribution in [0.3, 0.4) is 0 Å². The second-order valence-corrected chi connectivity index (χ2v) is 7.27. The van der Waals surface area contributed by atoms with Crippen LogP contribution < -0.4 is 10.5 Å². The van der Waals surface area contributed by atoms with Gasteiger partial charge < -0.3 is 15.4 Å². The lowest BCUT2D eigenvalue weighted by atomic mass is 10.1. The van der Waals surface area contributed by atoms with E-state index in [2.05, 4.69) is 5.10 Å². The predicted molar refractivity (Wildman–Crippen MR) is 111 cm³/mol. The number of ketones is 1. The van der Waals surface area contributed by atoms with E-state index in [1.165, 1.54) is 13.1 Å². The van der Waals surface area contributed by atoms with E-state index in [1.54, 1.807) is 45.9 Å². The number of ether oxygens (including phenoxy) is 1. The number of rotatable bonds is 8. The van der Waals surface area contributed by atoms with Gasteiger partial charge in [0.25, 0.3) is 11.8 Å². The van der Waals surface area contributed by atoms with E-state index in [9.17, 15) is 14.4 Å². The standard InChI is InChI=1S/C22H24N4O4/c1-14(2)25(21(28)13-30-18-6-4-17(5-7-18)15(3)27)12-16-8-9-26-20(10-16)19(11-24-26)22(23)29/h4-11,14H,12-13H2,1-3H3,(H2,23,29). The van der Waals surface area contributed by atoms with Crippen LogP contribution in [0.25, 0.3) is 5.52 Å². The van der Waals surface area contributed by atoms with Crippen LogP contribution in [0.15, 0.2) is 48.8 Å². The van der Waals surface area contributed by atoms with Gasteiger partial charge in [0.1, 0.15) is 5.75 Å². The molecule has 0 saturated carbocycles. The maximum Gasteiger partial charge on any atom is 0.261 e. The Labute approximate surface area is 174 Å². The first-order valence-electron chi connectivity index (χ1n) is 9.55. The summed E-state index contributed by atoms with van der Waals surface area (Å²) >= 11 is 0. The van der Waals surface area contributed by atoms with Gasteiger partial charge in [-0.05, 0) is 62.7 Å². The van der Waals surface area contributed by atoms with E-state index in [-0.39, 0.29) is 24.3 Å². The summed E-state index contributed by atoms with van der Waals surface area (Å²) in [6.45, 7) is 5.56. The van der Waals surface area contributed by atoms with Gasteiger partial charge in [-0.3, -0.25) is 14.4 Å². The Morgan fingerprint density at radius 3 is 2.47 bits per heavy atom. The predicted octanol–water partition coefficient (Wildman–Crippen LogP) is 2.45. The summed E-state index contributed by atoms with van der Waals surface area (Å²) < 4.78 is 7.17. The molecule has 2 heterocycles. The number of primary amides is 1. The summed E-state index contributed by atoms with van der Waals surface area (Å²) in [6.07, 6.45) is 3.16. The highest BCUT2D eigenvalue weighted by Crippen LogP contribution is 2.17. The molecule has 3 rings (SSSR count). The number of fused-ring (bicyclic) bond motifs is 1. The number of nitrogens with zero attached hydrogens (tertiary/aromatic N) is 3. The van der Waals surface area contributed by atoms with Crippen LogP contribution in [0.4, 0.5) is 0 Å². The summed E-state index contributed by atoms with van der Waals surface area (Å²) in [5.74, 6) is -0.241. The molecule has 8 heteroatoms. The molecule has 8 nitrogen and oxygen atoms in total. The first-order chi connectivity index (χ1) is 14.3. The maximum absolute atomic E-state index is 12.8. The Morgan fingerprint density at radius 2 is 1.87 bits per heavy atom. The van der Waals surface area contributed by atoms with E-state index in [0.717, 1.165) is 5.56 Å². The van der Waals surface area contributed by atoms with E-state index in [4.69, 9.17) is 10.5 Å². The number of nitrogens with two attached hydrogens (primary N) is 1. The van der Waals surface area contributed by atoms with Gasteiger partial charge in [-0.1, -0.05) is 0 Å². The molecule has 156 valence electrons. The summed E-state index contributed by atoms with van der Waals surface area (Å²) in [5.41, 5.74) is 7.76. The molecule has 0 bridgehead atoms. The zero-order chi connectivity index (χ0) is 21.8. The number of aromatic nitrogens is 2. The molecule has 0 aliphatic heterocycles. The number of carbonyl (C=O) groups excluding carboxylic acids is 3. The fourth-order valence-corrected chi connectivity index (χ4v) is 3.08. The first-order valence-corrected chi connectivity index (χ1v) is 9.55. The van der Waals surface area contributed by atoms with Crippen molar-refractivity contribution in [1.29, 1.82) is 0 Å². The van der Waals surface area contributed by atoms with Crippen LogP contribution >= 0.6 is 0 Å². The molecule has 0 saturated heterocycles. The highest BCUT2D eigenvalue weighted by Gasteiger charge is 2.19. The maximum atomic E-state index is 12.8. The third-order valence-electron chi connectivity index (χ3n) is 4.77. The van der Waals surface area contributed by atoms with Crippen molar-refractivity contribution in [3.63, 3.8) is 0 Å². The highest BCUT2D eigenvalue weighted by atomic mass is 16.5. The SMILES string of the molecule is CC(=O)c1ccc(OCC(=O)N(Cc2ccn3ncc(C(N)=O)c3c2)C(C)C)cc1. The molecule has 0 aliphatic rings. The molecular weight excluding hydrogens is 384 g/mol. The van der Waals surface area contributed by atoms with Crippen molar-refractivity contribution in [2.75, 3.05) is 6.61 Å². The molecule has 3 aromatic rings. The van der Waals surface area contributed by atoms with Crippen molar-refractivity contribution in [2.45, 2.75) is 33.4 Å². The minimum atomic E-state index is -0.553. The van der Waals surface area contributed by atoms with Crippen LogP contribution in [0, 0.1) is 0 Å². The second kappa shape index (κ2) is 8.77. The van der Waals surface area contributed by atoms with Crippen LogP contribution in [0.2, 0.25) is 0 Å². The summed E-state index contributed by atoms with van der Waals surface area (Å²) in [6, 6.07) is 10.3. The molecule has 0 radical (unpaired) electrons. The molecule has 1 aromatic carbocycles. The first kappa shape index (κ1) is 21.0. The number of benzene rings is 1. The molecule has 0 spiro atoms. The van der Waals surface area contributed by atoms with Crippen molar-refractivity contribution < 1.29 is 19.1 Å². The fourth-order valence-electron chi connectivity index (χ4n) is 3.08. The number of carbonyl (C=O) groups is 3. The summed E-state index contributed by atoms with van der Waals surface area (Å²) in [5, 5.41) is 4.10. The lowest BCUT2D eigenvalue weighted by Gasteiger charge is -2.27. The molecule has 30 heavy (non-hydrogen) atoms. The molecular formula is C22H24N4O4. The van der Waals surface area contributed by atoms with Gasteiger partial charge in [0.2, 0.25) is 0 Å². The molecule has 0 fully saturated rings. The van der Waals surface area contributed by atoms with Crippen LogP contribution in [0.1, 0.15) is 47.1 Å². The molecule has 0 unspecified atom stereocenters. The van der Waals surface area contributed by atoms with Gasteiger partial charge in [-0.15, -0.1) is 0 Å². The minimum Gasteiger partial charge on any atom is -0.484 e. The zero-order valence-corrected chi connectivity index (χ0v) is 17.2. The lowest BCUT2D eigenvalue weighted by Crippen LogP contribution is -2.39. The summed E-state index contributed by atoms with van der Waals surface area (Å²) in [4.78, 5) is 37.4. The molecule has 0 atom stereocenters. The summed E-state index contributed by atoms with van der Waals surface area (Å²) in [7, 11) is 0. The topological polar surface area (TPSA) is 107 Å². The van der Waals surface area contributed by atoms with E-state index in [1.807, 2.05) is 19.9 Å². The van der Waals surface area contributed by atoms with Crippen LogP contribution in [-0.2, 0) is 11.3 Å². The number of pyridine rings is 1. The number of hydrogen-bond donors (Lipinski definition) is 1. The Morgan fingerprint density at radius 1 is 1.17 bits per heavy atom. The fraction of sp³-hybridized carbons (Fsp3) is 0.273. The van der Waals surface area contributed by atoms with E-state index in [0.29, 0.717) is 28.9 Å². The van der Waals surface area contributed by atoms with Gasteiger partial charge in [0.05, 0.1) is 17.3 Å². The van der Waals surface area contributed by atoms with Crippen LogP contribution in [0.5, 0.6) is 5.75 Å². The molecule has 2 amide bonds. The van der Waals surface area contributed by atoms with Crippen molar-refractivity contribution in [3.05, 3.63) is 65.5 Å². The number of amides is 2. The largest absolute Gasteiger partial charge is 0.484 e. The smallest absolute Gasteiger partial charge is 0.261 e. The van der Waals surface area contributed by atoms with Crippen LogP contribution in [-0.4, -0.2) is 44.8 Å². The normalized spacial score (nSPS) is 10.9. The second-order valence-electron chi connectivity index (χ2n) is 7.27. The lowest BCUT2D eigenvalue weighted by molar-refractivity contribution is -0.135. The average Bonchev–Trinajstić information content (AvgIpc) is 3.13. The van der Waals surface area contributed by atoms with Gasteiger partial charge >= 0.3 is 0 Å². The van der Waals surface area contributed by atoms with Crippen molar-refractivity contribution >= 4 is 23.1 Å². The molecule has 2 aromatic heterocycles. The quantitative estimate of drug-likeness (QED) is 0.576. The highest BCUT2D eigenvalue weighted by molar-refractivity contribution is 5.99. The third-order valence-corrected chi connectivity index (χ3v) is 4.77. The zero-order valence-electron chi connectivity index (χ0n) is 17.2. The van der Waals surface area contributed by atoms with Gasteiger partial charge in [0.15, 0.2) is 12.4 Å². The Balaban J connectivity index is 1.71. The van der Waals surface area contributed by atoms with Gasteiger partial charge in [0, 0.05) is 24.3 Å². The molecule has 0 aliphatic carbocycles. The van der Waals surface area contributed by atoms with Crippen molar-refractivity contribution in [1.82, 2.24) is 14.5 Å². The van der Waals surface area contributed by atoms with Crippen molar-refractivity contribution in [2.24, 2.45) is 5.73 Å². The number of Topliss-reactive ketones (excluding diaryl/α,β-unsaturated/α-hetero) is 1. The Hall–Kier alpha value is -3.68. The monoisotopic (exact) mass is 408 g/mol. The van der Waals surface area contributed by atoms with Gasteiger partial charge in [-0.2, -0.15) is 5.10 Å². The van der Waals surface area contributed by atoms with Gasteiger partial charge in [-0.25, -0.2) is 4.52 Å².